The molecule has 3 rings (SSSR count). The number of benzene rings is 1. The second kappa shape index (κ2) is 5.89. The van der Waals surface area contributed by atoms with Crippen LogP contribution in [0.5, 0.6) is 5.88 Å². The first-order chi connectivity index (χ1) is 11.2. The number of aromatic nitrogens is 2. The molecule has 0 aliphatic carbocycles. The van der Waals surface area contributed by atoms with Crippen LogP contribution in [0.15, 0.2) is 18.2 Å². The van der Waals surface area contributed by atoms with Crippen molar-refractivity contribution in [1.82, 2.24) is 9.78 Å². The summed E-state index contributed by atoms with van der Waals surface area (Å²) in [6.07, 6.45) is 0.381. The SMILES string of the molecule is Cn1nc(-c2ccc3c(c2)NC(=O)C(C)(Cl)C3)c(Cl)c1OC(F)F. The van der Waals surface area contributed by atoms with Crippen molar-refractivity contribution in [2.45, 2.75) is 24.8 Å². The molecule has 128 valence electrons. The van der Waals surface area contributed by atoms with E-state index in [9.17, 15) is 13.6 Å². The van der Waals surface area contributed by atoms with Gasteiger partial charge in [-0.2, -0.15) is 13.9 Å². The number of fused-ring (bicyclic) bond motifs is 1. The first-order valence-corrected chi connectivity index (χ1v) is 7.75. The van der Waals surface area contributed by atoms with Crippen molar-refractivity contribution in [2.75, 3.05) is 5.32 Å². The number of rotatable bonds is 3. The van der Waals surface area contributed by atoms with E-state index in [1.54, 1.807) is 25.1 Å². The number of hydrogen-bond acceptors (Lipinski definition) is 3. The fraction of sp³-hybridized carbons (Fsp3) is 0.333. The molecule has 2 aromatic rings. The summed E-state index contributed by atoms with van der Waals surface area (Å²) in [5.41, 5.74) is 2.31. The summed E-state index contributed by atoms with van der Waals surface area (Å²) in [4.78, 5) is 11.0. The van der Waals surface area contributed by atoms with Gasteiger partial charge in [0.2, 0.25) is 11.8 Å². The van der Waals surface area contributed by atoms with Crippen LogP contribution in [0, 0.1) is 0 Å². The van der Waals surface area contributed by atoms with Crippen molar-refractivity contribution in [3.63, 3.8) is 0 Å². The monoisotopic (exact) mass is 375 g/mol. The lowest BCUT2D eigenvalue weighted by Crippen LogP contribution is -2.40. The Bertz CT molecular complexity index is 821. The quantitative estimate of drug-likeness (QED) is 0.829. The molecule has 5 nitrogen and oxygen atoms in total. The summed E-state index contributed by atoms with van der Waals surface area (Å²) in [7, 11) is 1.45. The van der Waals surface area contributed by atoms with Gasteiger partial charge in [0.25, 0.3) is 0 Å². The van der Waals surface area contributed by atoms with Gasteiger partial charge in [-0.25, -0.2) is 4.68 Å². The molecule has 1 aromatic heterocycles. The van der Waals surface area contributed by atoms with Crippen molar-refractivity contribution in [3.8, 4) is 17.1 Å². The number of carbonyl (C=O) groups excluding carboxylic acids is 1. The van der Waals surface area contributed by atoms with Crippen LogP contribution in [0.1, 0.15) is 12.5 Å². The zero-order chi connectivity index (χ0) is 17.6. The smallest absolute Gasteiger partial charge is 0.388 e. The number of hydrogen-bond donors (Lipinski definition) is 1. The van der Waals surface area contributed by atoms with Gasteiger partial charge in [-0.15, -0.1) is 11.6 Å². The summed E-state index contributed by atoms with van der Waals surface area (Å²) >= 11 is 12.3. The molecule has 0 radical (unpaired) electrons. The molecule has 0 spiro atoms. The van der Waals surface area contributed by atoms with E-state index in [1.165, 1.54) is 7.05 Å². The van der Waals surface area contributed by atoms with Crippen molar-refractivity contribution in [1.29, 1.82) is 0 Å². The molecule has 1 unspecified atom stereocenters. The van der Waals surface area contributed by atoms with Gasteiger partial charge in [-0.3, -0.25) is 4.79 Å². The van der Waals surface area contributed by atoms with E-state index in [4.69, 9.17) is 23.2 Å². The number of nitrogens with one attached hydrogen (secondary N) is 1. The highest BCUT2D eigenvalue weighted by Crippen LogP contribution is 2.39. The maximum atomic E-state index is 12.5. The fourth-order valence-corrected chi connectivity index (χ4v) is 3.07. The number of halogens is 4. The van der Waals surface area contributed by atoms with Gasteiger partial charge in [-0.1, -0.05) is 23.7 Å². The molecule has 1 aromatic carbocycles. The second-order valence-electron chi connectivity index (χ2n) is 5.67. The van der Waals surface area contributed by atoms with Crippen LogP contribution in [-0.4, -0.2) is 27.2 Å². The fourth-order valence-electron chi connectivity index (χ4n) is 2.56. The molecule has 0 bridgehead atoms. The minimum absolute atomic E-state index is 0.0259. The van der Waals surface area contributed by atoms with E-state index in [0.29, 0.717) is 17.7 Å². The van der Waals surface area contributed by atoms with Crippen molar-refractivity contribution in [3.05, 3.63) is 28.8 Å². The molecule has 1 aliphatic heterocycles. The number of anilines is 1. The molecule has 0 fully saturated rings. The number of alkyl halides is 3. The molecular formula is C15H13Cl2F2N3O2. The summed E-state index contributed by atoms with van der Waals surface area (Å²) in [5, 5.41) is 6.83. The van der Waals surface area contributed by atoms with E-state index in [1.807, 2.05) is 0 Å². The number of nitrogens with zero attached hydrogens (tertiary/aromatic N) is 2. The normalized spacial score (nSPS) is 20.0. The van der Waals surface area contributed by atoms with Gasteiger partial charge in [-0.05, 0) is 18.6 Å². The second-order valence-corrected chi connectivity index (χ2v) is 6.88. The lowest BCUT2D eigenvalue weighted by molar-refractivity contribution is -0.118. The van der Waals surface area contributed by atoms with E-state index in [0.717, 1.165) is 10.2 Å². The first kappa shape index (κ1) is 17.0. The Morgan fingerprint density at radius 2 is 2.17 bits per heavy atom. The summed E-state index contributed by atoms with van der Waals surface area (Å²) in [6, 6.07) is 5.22. The number of carbonyl (C=O) groups is 1. The highest BCUT2D eigenvalue weighted by molar-refractivity contribution is 6.37. The lowest BCUT2D eigenvalue weighted by Gasteiger charge is -2.28. The van der Waals surface area contributed by atoms with Gasteiger partial charge < -0.3 is 10.1 Å². The molecule has 1 amide bonds. The Labute approximate surface area is 146 Å². The molecule has 9 heteroatoms. The standard InChI is InChI=1S/C15H13Cl2F2N3O2/c1-15(17)6-8-4-3-7(5-9(8)20-13(15)23)11-10(16)12(22(2)21-11)24-14(18)19/h3-5,14H,6H2,1-2H3,(H,20,23). The minimum atomic E-state index is -3.00. The first-order valence-electron chi connectivity index (χ1n) is 7.00. The predicted molar refractivity (Wildman–Crippen MR) is 86.9 cm³/mol. The summed E-state index contributed by atoms with van der Waals surface area (Å²) < 4.78 is 30.4. The Morgan fingerprint density at radius 3 is 2.83 bits per heavy atom. The molecule has 2 heterocycles. The Kier molecular flexibility index (Phi) is 4.17. The number of amides is 1. The third-order valence-electron chi connectivity index (χ3n) is 3.77. The average Bonchev–Trinajstić information content (AvgIpc) is 2.75. The van der Waals surface area contributed by atoms with Crippen LogP contribution < -0.4 is 10.1 Å². The van der Waals surface area contributed by atoms with E-state index < -0.39 is 11.5 Å². The molecule has 0 saturated heterocycles. The third kappa shape index (κ3) is 2.93. The maximum Gasteiger partial charge on any atom is 0.388 e. The molecule has 1 N–H and O–H groups in total. The van der Waals surface area contributed by atoms with Gasteiger partial charge in [0.15, 0.2) is 0 Å². The van der Waals surface area contributed by atoms with E-state index >= 15 is 0 Å². The van der Waals surface area contributed by atoms with Crippen molar-refractivity contribution >= 4 is 34.8 Å². The summed E-state index contributed by atoms with van der Waals surface area (Å²) in [5.74, 6) is -0.528. The lowest BCUT2D eigenvalue weighted by atomic mass is 9.92. The Balaban J connectivity index is 2.01. The highest BCUT2D eigenvalue weighted by atomic mass is 35.5. The zero-order valence-corrected chi connectivity index (χ0v) is 14.3. The van der Waals surface area contributed by atoms with Gasteiger partial charge >= 0.3 is 6.61 Å². The highest BCUT2D eigenvalue weighted by Gasteiger charge is 2.36. The van der Waals surface area contributed by atoms with Gasteiger partial charge in [0.1, 0.15) is 15.6 Å². The van der Waals surface area contributed by atoms with Crippen molar-refractivity contribution < 1.29 is 18.3 Å². The largest absolute Gasteiger partial charge is 0.416 e. The maximum absolute atomic E-state index is 12.5. The molecule has 0 saturated carbocycles. The van der Waals surface area contributed by atoms with Crippen LogP contribution in [0.25, 0.3) is 11.3 Å². The molecule has 24 heavy (non-hydrogen) atoms. The topological polar surface area (TPSA) is 56.2 Å². The predicted octanol–water partition coefficient (Wildman–Crippen LogP) is 3.83. The minimum Gasteiger partial charge on any atom is -0.416 e. The van der Waals surface area contributed by atoms with Crippen LogP contribution >= 0.6 is 23.2 Å². The average molecular weight is 376 g/mol. The number of aryl methyl sites for hydroxylation is 1. The van der Waals surface area contributed by atoms with Crippen LogP contribution in [0.2, 0.25) is 5.02 Å². The Morgan fingerprint density at radius 1 is 1.46 bits per heavy atom. The van der Waals surface area contributed by atoms with Gasteiger partial charge in [0.05, 0.1) is 0 Å². The molecule has 1 aliphatic rings. The van der Waals surface area contributed by atoms with Gasteiger partial charge in [0, 0.05) is 24.7 Å². The number of ether oxygens (including phenoxy) is 1. The third-order valence-corrected chi connectivity index (χ3v) is 4.41. The molecule has 1 atom stereocenters. The van der Waals surface area contributed by atoms with Crippen LogP contribution in [0.4, 0.5) is 14.5 Å². The van der Waals surface area contributed by atoms with Crippen LogP contribution in [-0.2, 0) is 18.3 Å². The summed E-state index contributed by atoms with van der Waals surface area (Å²) in [6.45, 7) is -1.36. The molecular weight excluding hydrogens is 363 g/mol. The van der Waals surface area contributed by atoms with Crippen molar-refractivity contribution in [2.24, 2.45) is 7.05 Å². The van der Waals surface area contributed by atoms with E-state index in [-0.39, 0.29) is 22.5 Å². The van der Waals surface area contributed by atoms with E-state index in [2.05, 4.69) is 15.2 Å². The zero-order valence-electron chi connectivity index (χ0n) is 12.7. The van der Waals surface area contributed by atoms with Crippen LogP contribution in [0.3, 0.4) is 0 Å². The Hall–Kier alpha value is -1.86.